The molecule has 2 heterocycles. The van der Waals surface area contributed by atoms with Crippen LogP contribution >= 0.6 is 0 Å². The highest BCUT2D eigenvalue weighted by Gasteiger charge is 2.09. The van der Waals surface area contributed by atoms with E-state index in [1.165, 1.54) is 6.26 Å². The van der Waals surface area contributed by atoms with Gasteiger partial charge in [-0.3, -0.25) is 0 Å². The predicted octanol–water partition coefficient (Wildman–Crippen LogP) is 3.44. The van der Waals surface area contributed by atoms with Crippen molar-refractivity contribution in [2.75, 3.05) is 0 Å². The van der Waals surface area contributed by atoms with Crippen molar-refractivity contribution < 1.29 is 4.52 Å². The Balaban J connectivity index is 2.12. The molecule has 4 nitrogen and oxygen atoms in total. The molecule has 0 unspecified atom stereocenters. The summed E-state index contributed by atoms with van der Waals surface area (Å²) in [7, 11) is 0. The van der Waals surface area contributed by atoms with Gasteiger partial charge < -0.3 is 4.52 Å². The van der Waals surface area contributed by atoms with Crippen molar-refractivity contribution in [2.45, 2.75) is 0 Å². The monoisotopic (exact) mass is 247 g/mol. The van der Waals surface area contributed by atoms with E-state index in [4.69, 9.17) is 9.51 Å². The Hall–Kier alpha value is -2.75. The van der Waals surface area contributed by atoms with E-state index in [1.54, 1.807) is 0 Å². The number of benzene rings is 2. The molecule has 4 rings (SSSR count). The van der Waals surface area contributed by atoms with Crippen LogP contribution in [0.1, 0.15) is 0 Å². The number of hydrogen-bond donors (Lipinski definition) is 0. The molecule has 0 bridgehead atoms. The van der Waals surface area contributed by atoms with E-state index in [-0.39, 0.29) is 0 Å². The van der Waals surface area contributed by atoms with Crippen LogP contribution in [0.4, 0.5) is 0 Å². The summed E-state index contributed by atoms with van der Waals surface area (Å²) in [4.78, 5) is 4.72. The maximum atomic E-state index is 4.82. The van der Waals surface area contributed by atoms with Crippen LogP contribution in [0.15, 0.2) is 59.3 Å². The Morgan fingerprint density at radius 2 is 1.79 bits per heavy atom. The molecule has 0 saturated heterocycles. The van der Waals surface area contributed by atoms with Gasteiger partial charge >= 0.3 is 0 Å². The summed E-state index contributed by atoms with van der Waals surface area (Å²) in [6.07, 6.45) is 1.53. The van der Waals surface area contributed by atoms with Gasteiger partial charge in [0, 0.05) is 21.6 Å². The Bertz CT molecular complexity index is 869. The molecule has 0 N–H and O–H groups in total. The zero-order chi connectivity index (χ0) is 12.7. The quantitative estimate of drug-likeness (QED) is 0.483. The lowest BCUT2D eigenvalue weighted by Crippen LogP contribution is -1.87. The summed E-state index contributed by atoms with van der Waals surface area (Å²) < 4.78 is 4.82. The largest absolute Gasteiger partial charge is 0.345 e. The van der Waals surface area contributed by atoms with Crippen molar-refractivity contribution >= 4 is 21.8 Å². The number of aromatic nitrogens is 3. The van der Waals surface area contributed by atoms with E-state index in [0.29, 0.717) is 5.69 Å². The van der Waals surface area contributed by atoms with E-state index in [1.807, 2.05) is 36.4 Å². The SMILES string of the molecule is c1ccc2nc3c(-c4conn4)cccc3cc2c1. The molecular weight excluding hydrogens is 238 g/mol. The minimum absolute atomic E-state index is 0.702. The normalized spacial score (nSPS) is 11.2. The van der Waals surface area contributed by atoms with Crippen LogP contribution in [0.3, 0.4) is 0 Å². The smallest absolute Gasteiger partial charge is 0.152 e. The highest BCUT2D eigenvalue weighted by Crippen LogP contribution is 2.28. The number of hydrogen-bond acceptors (Lipinski definition) is 4. The molecule has 0 saturated carbocycles. The molecule has 19 heavy (non-hydrogen) atoms. The fourth-order valence-corrected chi connectivity index (χ4v) is 2.29. The first-order valence-corrected chi connectivity index (χ1v) is 5.98. The minimum atomic E-state index is 0.702. The topological polar surface area (TPSA) is 51.8 Å². The van der Waals surface area contributed by atoms with Gasteiger partial charge in [-0.15, -0.1) is 5.10 Å². The second kappa shape index (κ2) is 3.88. The van der Waals surface area contributed by atoms with Gasteiger partial charge in [-0.25, -0.2) is 4.98 Å². The number of rotatable bonds is 1. The van der Waals surface area contributed by atoms with Crippen LogP contribution in [0.2, 0.25) is 0 Å². The summed E-state index contributed by atoms with van der Waals surface area (Å²) in [5.74, 6) is 0. The lowest BCUT2D eigenvalue weighted by atomic mass is 10.1. The Morgan fingerprint density at radius 3 is 2.68 bits per heavy atom. The first kappa shape index (κ1) is 10.2. The molecule has 0 spiro atoms. The van der Waals surface area contributed by atoms with E-state index >= 15 is 0 Å². The van der Waals surface area contributed by atoms with Crippen LogP contribution in [0, 0.1) is 0 Å². The van der Waals surface area contributed by atoms with Crippen LogP contribution in [-0.4, -0.2) is 15.4 Å². The van der Waals surface area contributed by atoms with Gasteiger partial charge in [-0.2, -0.15) is 0 Å². The van der Waals surface area contributed by atoms with Gasteiger partial charge in [0.15, 0.2) is 6.26 Å². The molecule has 2 aromatic heterocycles. The maximum Gasteiger partial charge on any atom is 0.152 e. The summed E-state index contributed by atoms with van der Waals surface area (Å²) >= 11 is 0. The van der Waals surface area contributed by atoms with E-state index in [9.17, 15) is 0 Å². The average molecular weight is 247 g/mol. The first-order chi connectivity index (χ1) is 9.42. The van der Waals surface area contributed by atoms with Crippen LogP contribution in [0.5, 0.6) is 0 Å². The summed E-state index contributed by atoms with van der Waals surface area (Å²) in [5.41, 5.74) is 3.52. The summed E-state index contributed by atoms with van der Waals surface area (Å²) in [5, 5.41) is 9.69. The van der Waals surface area contributed by atoms with Gasteiger partial charge in [0.05, 0.1) is 11.0 Å². The molecule has 0 aliphatic rings. The van der Waals surface area contributed by atoms with Crippen molar-refractivity contribution in [3.63, 3.8) is 0 Å². The second-order valence-electron chi connectivity index (χ2n) is 4.35. The van der Waals surface area contributed by atoms with Gasteiger partial charge in [0.1, 0.15) is 5.69 Å². The molecule has 0 aliphatic carbocycles. The molecular formula is C15H9N3O. The van der Waals surface area contributed by atoms with Gasteiger partial charge in [-0.05, 0) is 12.1 Å². The Labute approximate surface area is 108 Å². The van der Waals surface area contributed by atoms with Crippen molar-refractivity contribution in [1.82, 2.24) is 15.4 Å². The van der Waals surface area contributed by atoms with E-state index in [0.717, 1.165) is 27.4 Å². The molecule has 0 fully saturated rings. The highest BCUT2D eigenvalue weighted by molar-refractivity contribution is 5.99. The number of pyridine rings is 1. The van der Waals surface area contributed by atoms with Crippen molar-refractivity contribution in [2.24, 2.45) is 0 Å². The molecule has 0 aliphatic heterocycles. The van der Waals surface area contributed by atoms with Gasteiger partial charge in [0.25, 0.3) is 0 Å². The zero-order valence-electron chi connectivity index (χ0n) is 9.95. The zero-order valence-corrected chi connectivity index (χ0v) is 9.95. The summed E-state index contributed by atoms with van der Waals surface area (Å²) in [6.45, 7) is 0. The third kappa shape index (κ3) is 1.57. The maximum absolute atomic E-state index is 4.82. The molecule has 4 heteroatoms. The molecule has 90 valence electrons. The molecule has 0 radical (unpaired) electrons. The Morgan fingerprint density at radius 1 is 0.895 bits per heavy atom. The van der Waals surface area contributed by atoms with E-state index in [2.05, 4.69) is 22.5 Å². The van der Waals surface area contributed by atoms with Crippen LogP contribution < -0.4 is 0 Å². The molecule has 0 atom stereocenters. The van der Waals surface area contributed by atoms with Crippen LogP contribution in [-0.2, 0) is 0 Å². The third-order valence-electron chi connectivity index (χ3n) is 3.18. The van der Waals surface area contributed by atoms with Gasteiger partial charge in [0.2, 0.25) is 0 Å². The standard InChI is InChI=1S/C15H9N3O/c1-2-7-13-10(4-1)8-11-5-3-6-12(15(11)16-13)14-9-19-18-17-14/h1-9H. The lowest BCUT2D eigenvalue weighted by Gasteiger charge is -2.04. The summed E-state index contributed by atoms with van der Waals surface area (Å²) in [6, 6.07) is 16.2. The highest BCUT2D eigenvalue weighted by atomic mass is 16.5. The van der Waals surface area contributed by atoms with Gasteiger partial charge in [-0.1, -0.05) is 36.4 Å². The number of fused-ring (bicyclic) bond motifs is 2. The predicted molar refractivity (Wildman–Crippen MR) is 72.5 cm³/mol. The fraction of sp³-hybridized carbons (Fsp3) is 0. The molecule has 2 aromatic carbocycles. The van der Waals surface area contributed by atoms with Crippen LogP contribution in [0.25, 0.3) is 33.1 Å². The third-order valence-corrected chi connectivity index (χ3v) is 3.18. The average Bonchev–Trinajstić information content (AvgIpc) is 2.98. The molecule has 4 aromatic rings. The molecule has 0 amide bonds. The van der Waals surface area contributed by atoms with Crippen molar-refractivity contribution in [1.29, 1.82) is 0 Å². The van der Waals surface area contributed by atoms with E-state index < -0.39 is 0 Å². The first-order valence-electron chi connectivity index (χ1n) is 5.98. The lowest BCUT2D eigenvalue weighted by molar-refractivity contribution is 0.393. The minimum Gasteiger partial charge on any atom is -0.345 e. The van der Waals surface area contributed by atoms with Crippen molar-refractivity contribution in [3.8, 4) is 11.3 Å². The van der Waals surface area contributed by atoms with Crippen molar-refractivity contribution in [3.05, 3.63) is 54.8 Å². The number of para-hydroxylation sites is 2. The number of nitrogens with zero attached hydrogens (tertiary/aromatic N) is 3. The second-order valence-corrected chi connectivity index (χ2v) is 4.35. The fourth-order valence-electron chi connectivity index (χ4n) is 2.29. The Kier molecular flexibility index (Phi) is 2.08.